The summed E-state index contributed by atoms with van der Waals surface area (Å²) in [5.74, 6) is 1.39. The highest BCUT2D eigenvalue weighted by Crippen LogP contribution is 2.19. The van der Waals surface area contributed by atoms with Crippen molar-refractivity contribution < 1.29 is 9.47 Å². The van der Waals surface area contributed by atoms with E-state index in [2.05, 4.69) is 27.0 Å². The fourth-order valence-corrected chi connectivity index (χ4v) is 4.87. The first-order chi connectivity index (χ1) is 17.2. The average Bonchev–Trinajstić information content (AvgIpc) is 3.26. The number of likely N-dealkylation sites (tertiary alicyclic amines) is 1. The van der Waals surface area contributed by atoms with E-state index in [4.69, 9.17) is 9.47 Å². The zero-order valence-electron chi connectivity index (χ0n) is 20.3. The van der Waals surface area contributed by atoms with Crippen LogP contribution in [-0.4, -0.2) is 76.7 Å². The third-order valence-electron chi connectivity index (χ3n) is 7.02. The number of aromatic nitrogens is 3. The first-order valence-corrected chi connectivity index (χ1v) is 12.7. The molecule has 186 valence electrons. The number of rotatable bonds is 9. The largest absolute Gasteiger partial charge is 0.492 e. The minimum absolute atomic E-state index is 0.0652. The van der Waals surface area contributed by atoms with E-state index < -0.39 is 0 Å². The van der Waals surface area contributed by atoms with E-state index in [1.807, 2.05) is 42.5 Å². The lowest BCUT2D eigenvalue weighted by Crippen LogP contribution is -2.38. The number of hydrogen-bond acceptors (Lipinski definition) is 6. The molecule has 2 fully saturated rings. The number of ether oxygens (including phenoxy) is 2. The van der Waals surface area contributed by atoms with Crippen LogP contribution in [0, 0.1) is 5.92 Å². The summed E-state index contributed by atoms with van der Waals surface area (Å²) in [5, 5.41) is 4.42. The van der Waals surface area contributed by atoms with Crippen LogP contribution in [0.1, 0.15) is 18.4 Å². The van der Waals surface area contributed by atoms with Gasteiger partial charge < -0.3 is 9.47 Å². The molecule has 2 saturated heterocycles. The van der Waals surface area contributed by atoms with Gasteiger partial charge in [-0.3, -0.25) is 9.80 Å². The smallest absolute Gasteiger partial charge is 0.350 e. The van der Waals surface area contributed by atoms with Gasteiger partial charge in [-0.15, -0.1) is 0 Å². The zero-order chi connectivity index (χ0) is 23.9. The molecule has 0 spiro atoms. The Bertz CT molecular complexity index is 1100. The first-order valence-electron chi connectivity index (χ1n) is 12.7. The van der Waals surface area contributed by atoms with Crippen LogP contribution in [0.5, 0.6) is 5.75 Å². The Hall–Kier alpha value is -2.94. The second-order valence-corrected chi connectivity index (χ2v) is 9.47. The van der Waals surface area contributed by atoms with Crippen LogP contribution in [0.4, 0.5) is 0 Å². The van der Waals surface area contributed by atoms with Crippen molar-refractivity contribution in [3.05, 3.63) is 77.0 Å². The third-order valence-corrected chi connectivity index (χ3v) is 7.02. The normalized spacial score (nSPS) is 18.1. The quantitative estimate of drug-likeness (QED) is 0.472. The van der Waals surface area contributed by atoms with Gasteiger partial charge in [0.1, 0.15) is 18.7 Å². The molecule has 0 N–H and O–H groups in total. The summed E-state index contributed by atoms with van der Waals surface area (Å²) in [6.45, 7) is 8.81. The van der Waals surface area contributed by atoms with Crippen molar-refractivity contribution in [3.8, 4) is 11.4 Å². The maximum Gasteiger partial charge on any atom is 0.350 e. The first kappa shape index (κ1) is 23.8. The molecule has 0 unspecified atom stereocenters. The molecule has 0 aliphatic carbocycles. The summed E-state index contributed by atoms with van der Waals surface area (Å²) in [7, 11) is 0. The molecule has 0 atom stereocenters. The van der Waals surface area contributed by atoms with E-state index in [0.29, 0.717) is 19.1 Å². The van der Waals surface area contributed by atoms with Gasteiger partial charge in [0.15, 0.2) is 0 Å². The number of para-hydroxylation sites is 1. The maximum atomic E-state index is 13.0. The van der Waals surface area contributed by atoms with Crippen LogP contribution >= 0.6 is 0 Å². The number of hydrogen-bond donors (Lipinski definition) is 0. The van der Waals surface area contributed by atoms with E-state index >= 15 is 0 Å². The van der Waals surface area contributed by atoms with Gasteiger partial charge >= 0.3 is 5.69 Å². The summed E-state index contributed by atoms with van der Waals surface area (Å²) < 4.78 is 14.5. The van der Waals surface area contributed by atoms with Gasteiger partial charge in [-0.2, -0.15) is 5.10 Å². The van der Waals surface area contributed by atoms with E-state index in [-0.39, 0.29) is 5.69 Å². The molecule has 0 amide bonds. The molecular formula is C27H35N5O3. The summed E-state index contributed by atoms with van der Waals surface area (Å²) in [4.78, 5) is 17.8. The van der Waals surface area contributed by atoms with Gasteiger partial charge in [-0.1, -0.05) is 30.3 Å². The van der Waals surface area contributed by atoms with Gasteiger partial charge in [0.2, 0.25) is 0 Å². The molecule has 3 aromatic rings. The van der Waals surface area contributed by atoms with Crippen molar-refractivity contribution in [2.24, 2.45) is 5.92 Å². The average molecular weight is 478 g/mol. The highest BCUT2D eigenvalue weighted by Gasteiger charge is 2.21. The van der Waals surface area contributed by atoms with Crippen molar-refractivity contribution in [2.75, 3.05) is 52.5 Å². The SMILES string of the molecule is O=c1n(-c2ccc(CN3CCOCC3)cc2)cnn1CC1CCN(CCOc2ccccc2)CC1. The molecule has 0 saturated carbocycles. The molecule has 2 aliphatic heterocycles. The minimum Gasteiger partial charge on any atom is -0.492 e. The van der Waals surface area contributed by atoms with E-state index in [1.54, 1.807) is 15.6 Å². The standard InChI is InChI=1S/C27H35N5O3/c33-27-31(25-8-6-23(7-9-25)20-30-14-17-34-18-15-30)22-28-32(27)21-24-10-12-29(13-11-24)16-19-35-26-4-2-1-3-5-26/h1-9,22,24H,10-21H2. The zero-order valence-corrected chi connectivity index (χ0v) is 20.3. The number of piperidine rings is 1. The van der Waals surface area contributed by atoms with E-state index in [9.17, 15) is 4.79 Å². The van der Waals surface area contributed by atoms with Crippen LogP contribution in [0.3, 0.4) is 0 Å². The molecule has 3 heterocycles. The van der Waals surface area contributed by atoms with Crippen molar-refractivity contribution >= 4 is 0 Å². The Morgan fingerprint density at radius 2 is 1.66 bits per heavy atom. The van der Waals surface area contributed by atoms with E-state index in [1.165, 1.54) is 5.56 Å². The molecule has 5 rings (SSSR count). The Morgan fingerprint density at radius 1 is 0.914 bits per heavy atom. The van der Waals surface area contributed by atoms with Gasteiger partial charge in [-0.25, -0.2) is 14.0 Å². The summed E-state index contributed by atoms with van der Waals surface area (Å²) >= 11 is 0. The van der Waals surface area contributed by atoms with Crippen LogP contribution < -0.4 is 10.4 Å². The molecule has 0 bridgehead atoms. The lowest BCUT2D eigenvalue weighted by atomic mass is 9.97. The molecule has 0 radical (unpaired) electrons. The van der Waals surface area contributed by atoms with Crippen molar-refractivity contribution in [1.29, 1.82) is 0 Å². The van der Waals surface area contributed by atoms with Crippen LogP contribution in [0.2, 0.25) is 0 Å². The summed E-state index contributed by atoms with van der Waals surface area (Å²) in [5.41, 5.74) is 2.04. The Kier molecular flexibility index (Phi) is 7.92. The van der Waals surface area contributed by atoms with Crippen molar-refractivity contribution in [3.63, 3.8) is 0 Å². The lowest BCUT2D eigenvalue weighted by molar-refractivity contribution is 0.0342. The van der Waals surface area contributed by atoms with Gasteiger partial charge in [0.25, 0.3) is 0 Å². The van der Waals surface area contributed by atoms with Crippen molar-refractivity contribution in [1.82, 2.24) is 24.1 Å². The third kappa shape index (κ3) is 6.39. The Balaban J connectivity index is 1.09. The maximum absolute atomic E-state index is 13.0. The molecule has 8 nitrogen and oxygen atoms in total. The van der Waals surface area contributed by atoms with E-state index in [0.717, 1.165) is 76.8 Å². The fourth-order valence-electron chi connectivity index (χ4n) is 4.87. The molecule has 2 aliphatic rings. The number of nitrogens with zero attached hydrogens (tertiary/aromatic N) is 5. The monoisotopic (exact) mass is 477 g/mol. The Labute approximate surface area is 206 Å². The molecule has 8 heteroatoms. The summed E-state index contributed by atoms with van der Waals surface area (Å²) in [6.07, 6.45) is 3.79. The predicted octanol–water partition coefficient (Wildman–Crippen LogP) is 2.66. The molecular weight excluding hydrogens is 442 g/mol. The molecule has 35 heavy (non-hydrogen) atoms. The predicted molar refractivity (Wildman–Crippen MR) is 135 cm³/mol. The van der Waals surface area contributed by atoms with Gasteiger partial charge in [-0.05, 0) is 61.7 Å². The summed E-state index contributed by atoms with van der Waals surface area (Å²) in [6, 6.07) is 18.2. The molecule has 1 aromatic heterocycles. The van der Waals surface area contributed by atoms with Crippen molar-refractivity contribution in [2.45, 2.75) is 25.9 Å². The highest BCUT2D eigenvalue weighted by atomic mass is 16.5. The second-order valence-electron chi connectivity index (χ2n) is 9.47. The van der Waals surface area contributed by atoms with Crippen LogP contribution in [0.25, 0.3) is 5.69 Å². The minimum atomic E-state index is -0.0652. The van der Waals surface area contributed by atoms with Gasteiger partial charge in [0.05, 0.1) is 18.9 Å². The Morgan fingerprint density at radius 3 is 2.40 bits per heavy atom. The second kappa shape index (κ2) is 11.7. The van der Waals surface area contributed by atoms with Gasteiger partial charge in [0, 0.05) is 32.7 Å². The number of benzene rings is 2. The molecule has 2 aromatic carbocycles. The van der Waals surface area contributed by atoms with Crippen LogP contribution in [-0.2, 0) is 17.8 Å². The topological polar surface area (TPSA) is 64.8 Å². The lowest BCUT2D eigenvalue weighted by Gasteiger charge is -2.31. The fraction of sp³-hybridized carbons (Fsp3) is 0.481. The van der Waals surface area contributed by atoms with Crippen LogP contribution in [0.15, 0.2) is 65.7 Å². The number of morpholine rings is 1. The highest BCUT2D eigenvalue weighted by molar-refractivity contribution is 5.34.